The molecule has 3 N–H and O–H groups in total. The second-order valence-electron chi connectivity index (χ2n) is 7.53. The molecule has 4 aromatic rings. The number of hydrogen-bond donors (Lipinski definition) is 3. The Kier molecular flexibility index (Phi) is 6.11. The molecule has 0 saturated heterocycles. The van der Waals surface area contributed by atoms with Crippen LogP contribution in [0.3, 0.4) is 0 Å². The van der Waals surface area contributed by atoms with E-state index in [0.29, 0.717) is 17.8 Å². The lowest BCUT2D eigenvalue weighted by Gasteiger charge is -2.21. The summed E-state index contributed by atoms with van der Waals surface area (Å²) in [4.78, 5) is 16.1. The first kappa shape index (κ1) is 20.4. The number of amides is 1. The molecule has 0 bridgehead atoms. The van der Waals surface area contributed by atoms with E-state index in [1.54, 1.807) is 24.3 Å². The van der Waals surface area contributed by atoms with Crippen LogP contribution in [0.1, 0.15) is 29.5 Å². The number of aromatic amines is 1. The molecule has 5 heteroatoms. The van der Waals surface area contributed by atoms with Gasteiger partial charge < -0.3 is 15.6 Å². The normalized spacial score (nSPS) is 12.8. The van der Waals surface area contributed by atoms with Gasteiger partial charge in [0, 0.05) is 29.6 Å². The van der Waals surface area contributed by atoms with Crippen molar-refractivity contribution in [2.75, 3.05) is 11.9 Å². The zero-order chi connectivity index (χ0) is 21.6. The maximum Gasteiger partial charge on any atom is 0.241 e. The number of fused-ring (bicyclic) bond motifs is 1. The second kappa shape index (κ2) is 9.29. The van der Waals surface area contributed by atoms with Crippen molar-refractivity contribution in [1.82, 2.24) is 10.3 Å². The Balaban J connectivity index is 1.53. The second-order valence-corrected chi connectivity index (χ2v) is 7.53. The van der Waals surface area contributed by atoms with Gasteiger partial charge in [-0.3, -0.25) is 4.79 Å². The van der Waals surface area contributed by atoms with Crippen molar-refractivity contribution < 1.29 is 4.79 Å². The van der Waals surface area contributed by atoms with E-state index in [2.05, 4.69) is 52.1 Å². The summed E-state index contributed by atoms with van der Waals surface area (Å²) < 4.78 is 0. The molecule has 31 heavy (non-hydrogen) atoms. The molecule has 1 aromatic heterocycles. The average molecular weight is 409 g/mol. The van der Waals surface area contributed by atoms with Crippen LogP contribution in [0, 0.1) is 11.3 Å². The number of benzene rings is 3. The zero-order valence-electron chi connectivity index (χ0n) is 17.3. The molecular weight excluding hydrogens is 384 g/mol. The molecule has 1 amide bonds. The van der Waals surface area contributed by atoms with E-state index in [0.717, 1.165) is 5.52 Å². The first-order valence-corrected chi connectivity index (χ1v) is 10.3. The summed E-state index contributed by atoms with van der Waals surface area (Å²) in [7, 11) is 0. The number of rotatable bonds is 7. The number of H-pyrrole nitrogens is 1. The van der Waals surface area contributed by atoms with Crippen LogP contribution in [0.5, 0.6) is 0 Å². The van der Waals surface area contributed by atoms with Gasteiger partial charge in [-0.2, -0.15) is 5.26 Å². The Labute approximate surface area is 181 Å². The highest BCUT2D eigenvalue weighted by molar-refractivity contribution is 5.95. The molecule has 0 aliphatic carbocycles. The van der Waals surface area contributed by atoms with E-state index < -0.39 is 6.04 Å². The van der Waals surface area contributed by atoms with Gasteiger partial charge in [0.2, 0.25) is 5.91 Å². The first-order valence-electron chi connectivity index (χ1n) is 10.3. The van der Waals surface area contributed by atoms with Crippen molar-refractivity contribution in [1.29, 1.82) is 5.26 Å². The minimum absolute atomic E-state index is 0.0824. The number of hydrogen-bond acceptors (Lipinski definition) is 3. The SMILES string of the molecule is C[C@H](NC[C@H](c1ccccc1)c1c[nH]c2ccccc12)C(=O)Nc1ccccc1C#N. The third kappa shape index (κ3) is 4.50. The summed E-state index contributed by atoms with van der Waals surface area (Å²) in [5, 5.41) is 16.7. The van der Waals surface area contributed by atoms with E-state index >= 15 is 0 Å². The van der Waals surface area contributed by atoms with Gasteiger partial charge in [0.15, 0.2) is 0 Å². The van der Waals surface area contributed by atoms with E-state index in [-0.39, 0.29) is 11.8 Å². The van der Waals surface area contributed by atoms with Crippen LogP contribution >= 0.6 is 0 Å². The minimum atomic E-state index is -0.428. The van der Waals surface area contributed by atoms with Crippen molar-refractivity contribution >= 4 is 22.5 Å². The van der Waals surface area contributed by atoms with Gasteiger partial charge in [0.1, 0.15) is 6.07 Å². The zero-order valence-corrected chi connectivity index (χ0v) is 17.3. The molecule has 0 spiro atoms. The Bertz CT molecular complexity index is 1220. The van der Waals surface area contributed by atoms with E-state index in [1.165, 1.54) is 16.5 Å². The average Bonchev–Trinajstić information content (AvgIpc) is 3.24. The molecule has 5 nitrogen and oxygen atoms in total. The summed E-state index contributed by atoms with van der Waals surface area (Å²) in [6.07, 6.45) is 2.05. The number of carbonyl (C=O) groups excluding carboxylic acids is 1. The fraction of sp³-hybridized carbons (Fsp3) is 0.154. The van der Waals surface area contributed by atoms with Gasteiger partial charge in [-0.1, -0.05) is 60.7 Å². The molecule has 0 aliphatic rings. The quantitative estimate of drug-likeness (QED) is 0.411. The Morgan fingerprint density at radius 3 is 2.52 bits per heavy atom. The fourth-order valence-electron chi connectivity index (χ4n) is 3.79. The summed E-state index contributed by atoms with van der Waals surface area (Å²) in [5.41, 5.74) is 4.44. The van der Waals surface area contributed by atoms with Crippen LogP contribution in [0.15, 0.2) is 85.1 Å². The van der Waals surface area contributed by atoms with Gasteiger partial charge in [0.25, 0.3) is 0 Å². The smallest absolute Gasteiger partial charge is 0.241 e. The molecule has 2 atom stereocenters. The van der Waals surface area contributed by atoms with Crippen molar-refractivity contribution in [2.45, 2.75) is 18.9 Å². The molecule has 0 saturated carbocycles. The molecule has 4 rings (SSSR count). The topological polar surface area (TPSA) is 80.7 Å². The Morgan fingerprint density at radius 1 is 1.00 bits per heavy atom. The van der Waals surface area contributed by atoms with Crippen LogP contribution in [-0.2, 0) is 4.79 Å². The summed E-state index contributed by atoms with van der Waals surface area (Å²) in [5.74, 6) is -0.0903. The van der Waals surface area contributed by atoms with Crippen LogP contribution in [-0.4, -0.2) is 23.5 Å². The minimum Gasteiger partial charge on any atom is -0.361 e. The van der Waals surface area contributed by atoms with Gasteiger partial charge in [-0.15, -0.1) is 0 Å². The highest BCUT2D eigenvalue weighted by Crippen LogP contribution is 2.30. The lowest BCUT2D eigenvalue weighted by molar-refractivity contribution is -0.117. The number of anilines is 1. The Morgan fingerprint density at radius 2 is 1.71 bits per heavy atom. The summed E-state index contributed by atoms with van der Waals surface area (Å²) in [6.45, 7) is 2.43. The van der Waals surface area contributed by atoms with Crippen LogP contribution in [0.2, 0.25) is 0 Å². The maximum absolute atomic E-state index is 12.7. The fourth-order valence-corrected chi connectivity index (χ4v) is 3.79. The largest absolute Gasteiger partial charge is 0.361 e. The number of para-hydroxylation sites is 2. The number of aromatic nitrogens is 1. The van der Waals surface area contributed by atoms with E-state index in [1.807, 2.05) is 37.3 Å². The van der Waals surface area contributed by atoms with Crippen molar-refractivity contribution in [2.24, 2.45) is 0 Å². The predicted molar refractivity (Wildman–Crippen MR) is 124 cm³/mol. The van der Waals surface area contributed by atoms with E-state index in [4.69, 9.17) is 0 Å². The molecule has 3 aromatic carbocycles. The predicted octanol–water partition coefficient (Wildman–Crippen LogP) is 4.79. The van der Waals surface area contributed by atoms with Gasteiger partial charge in [-0.05, 0) is 36.2 Å². The number of nitriles is 1. The number of nitrogens with zero attached hydrogens (tertiary/aromatic N) is 1. The Hall–Kier alpha value is -3.88. The molecular formula is C26H24N4O. The van der Waals surface area contributed by atoms with Crippen molar-refractivity contribution in [3.8, 4) is 6.07 Å². The molecule has 1 heterocycles. The number of nitrogens with one attached hydrogen (secondary N) is 3. The first-order chi connectivity index (χ1) is 15.2. The number of carbonyl (C=O) groups is 1. The third-order valence-corrected chi connectivity index (χ3v) is 5.53. The van der Waals surface area contributed by atoms with Gasteiger partial charge >= 0.3 is 0 Å². The molecule has 0 unspecified atom stereocenters. The summed E-state index contributed by atoms with van der Waals surface area (Å²) >= 11 is 0. The van der Waals surface area contributed by atoms with Gasteiger partial charge in [-0.25, -0.2) is 0 Å². The van der Waals surface area contributed by atoms with E-state index in [9.17, 15) is 10.1 Å². The third-order valence-electron chi connectivity index (χ3n) is 5.53. The highest BCUT2D eigenvalue weighted by Gasteiger charge is 2.21. The van der Waals surface area contributed by atoms with Crippen molar-refractivity contribution in [3.63, 3.8) is 0 Å². The maximum atomic E-state index is 12.7. The monoisotopic (exact) mass is 408 g/mol. The van der Waals surface area contributed by atoms with Gasteiger partial charge in [0.05, 0.1) is 17.3 Å². The lowest BCUT2D eigenvalue weighted by atomic mass is 9.90. The van der Waals surface area contributed by atoms with Crippen molar-refractivity contribution in [3.05, 3.63) is 102 Å². The lowest BCUT2D eigenvalue weighted by Crippen LogP contribution is -2.40. The van der Waals surface area contributed by atoms with Crippen LogP contribution < -0.4 is 10.6 Å². The molecule has 0 fully saturated rings. The highest BCUT2D eigenvalue weighted by atomic mass is 16.2. The summed E-state index contributed by atoms with van der Waals surface area (Å²) in [6, 6.07) is 27.2. The molecule has 154 valence electrons. The molecule has 0 radical (unpaired) electrons. The van der Waals surface area contributed by atoms with Crippen LogP contribution in [0.25, 0.3) is 10.9 Å². The standard InChI is InChI=1S/C26H24N4O/c1-18(26(31)30-24-13-7-5-11-20(24)15-27)28-16-22(19-9-3-2-4-10-19)23-17-29-25-14-8-6-12-21(23)25/h2-14,17-18,22,28-29H,16H2,1H3,(H,30,31)/t18-,22+/m0/s1. The van der Waals surface area contributed by atoms with Crippen LogP contribution in [0.4, 0.5) is 5.69 Å². The molecule has 0 aliphatic heterocycles.